The highest BCUT2D eigenvalue weighted by molar-refractivity contribution is 6.30. The Hall–Kier alpha value is -3.71. The molecule has 4 rings (SSSR count). The van der Waals surface area contributed by atoms with E-state index in [1.54, 1.807) is 41.3 Å². The number of carbonyl (C=O) groups excluding carboxylic acids is 2. The van der Waals surface area contributed by atoms with Crippen molar-refractivity contribution in [3.05, 3.63) is 82.9 Å². The lowest BCUT2D eigenvalue weighted by molar-refractivity contribution is -0.118. The first-order valence-electron chi connectivity index (χ1n) is 10.8. The molecule has 2 aromatic carbocycles. The summed E-state index contributed by atoms with van der Waals surface area (Å²) in [6.07, 6.45) is 7.79. The summed E-state index contributed by atoms with van der Waals surface area (Å²) in [6, 6.07) is 12.5. The molecule has 0 spiro atoms. The molecule has 0 radical (unpaired) electrons. The Labute approximate surface area is 203 Å². The van der Waals surface area contributed by atoms with Gasteiger partial charge in [0, 0.05) is 23.2 Å². The topological polar surface area (TPSA) is 80.6 Å². The van der Waals surface area contributed by atoms with E-state index in [2.05, 4.69) is 9.98 Å². The van der Waals surface area contributed by atoms with Crippen LogP contribution < -0.4 is 9.47 Å². The number of ether oxygens (including phenoxy) is 2. The van der Waals surface area contributed by atoms with Crippen molar-refractivity contribution >= 4 is 35.0 Å². The largest absolute Gasteiger partial charge is 0.497 e. The Bertz CT molecular complexity index is 1190. The molecule has 2 amide bonds. The standard InChI is InChI=1S/C26H24ClN3O4/c1-33-20-13-18(14-21(15-20)34-2)26(32)30(12-11-17-7-9-19(27)10-8-17)16-24-28-23-6-4-3-5-22(23)25(31)29-24/h3-10,13-15,22H,11-12,16H2,1-2H3. The summed E-state index contributed by atoms with van der Waals surface area (Å²) in [5, 5.41) is 0.648. The number of allylic oxidation sites excluding steroid dienone is 3. The zero-order valence-electron chi connectivity index (χ0n) is 18.9. The molecule has 8 heteroatoms. The first-order valence-corrected chi connectivity index (χ1v) is 11.2. The lowest BCUT2D eigenvalue weighted by atomic mass is 9.96. The fraction of sp³-hybridized carbons (Fsp3) is 0.231. The number of methoxy groups -OCH3 is 2. The molecule has 0 fully saturated rings. The van der Waals surface area contributed by atoms with Gasteiger partial charge in [0.1, 0.15) is 17.4 Å². The minimum absolute atomic E-state index is 0.0888. The van der Waals surface area contributed by atoms with Crippen molar-refractivity contribution in [3.8, 4) is 11.5 Å². The van der Waals surface area contributed by atoms with Crippen molar-refractivity contribution in [3.63, 3.8) is 0 Å². The molecule has 1 heterocycles. The van der Waals surface area contributed by atoms with E-state index in [4.69, 9.17) is 21.1 Å². The van der Waals surface area contributed by atoms with E-state index in [0.29, 0.717) is 46.6 Å². The zero-order chi connectivity index (χ0) is 24.1. The van der Waals surface area contributed by atoms with Crippen molar-refractivity contribution in [1.29, 1.82) is 0 Å². The van der Waals surface area contributed by atoms with Gasteiger partial charge in [0.2, 0.25) is 0 Å². The van der Waals surface area contributed by atoms with E-state index >= 15 is 0 Å². The molecule has 1 aliphatic heterocycles. The molecule has 0 saturated carbocycles. The van der Waals surface area contributed by atoms with Crippen LogP contribution in [0.1, 0.15) is 15.9 Å². The third kappa shape index (κ3) is 5.43. The highest BCUT2D eigenvalue weighted by Crippen LogP contribution is 2.24. The summed E-state index contributed by atoms with van der Waals surface area (Å²) < 4.78 is 10.6. The molecule has 34 heavy (non-hydrogen) atoms. The van der Waals surface area contributed by atoms with Crippen LogP contribution in [0, 0.1) is 5.92 Å². The number of rotatable bonds is 8. The maximum absolute atomic E-state index is 13.6. The van der Waals surface area contributed by atoms with Gasteiger partial charge in [-0.05, 0) is 42.3 Å². The van der Waals surface area contributed by atoms with Crippen LogP contribution in [0.3, 0.4) is 0 Å². The Morgan fingerprint density at radius 1 is 1.03 bits per heavy atom. The number of nitrogens with zero attached hydrogens (tertiary/aromatic N) is 3. The second-order valence-electron chi connectivity index (χ2n) is 7.83. The van der Waals surface area contributed by atoms with Gasteiger partial charge in [-0.3, -0.25) is 9.59 Å². The van der Waals surface area contributed by atoms with Gasteiger partial charge in [0.05, 0.1) is 26.5 Å². The van der Waals surface area contributed by atoms with Crippen LogP contribution in [0.2, 0.25) is 5.02 Å². The Morgan fingerprint density at radius 2 is 1.74 bits per heavy atom. The van der Waals surface area contributed by atoms with Crippen molar-refractivity contribution in [2.24, 2.45) is 15.9 Å². The van der Waals surface area contributed by atoms with E-state index in [9.17, 15) is 9.59 Å². The summed E-state index contributed by atoms with van der Waals surface area (Å²) in [5.74, 6) is 0.321. The van der Waals surface area contributed by atoms with Gasteiger partial charge in [-0.25, -0.2) is 4.99 Å². The van der Waals surface area contributed by atoms with Crippen LogP contribution in [-0.2, 0) is 11.2 Å². The van der Waals surface area contributed by atoms with Crippen molar-refractivity contribution in [2.45, 2.75) is 6.42 Å². The van der Waals surface area contributed by atoms with Crippen LogP contribution >= 0.6 is 11.6 Å². The van der Waals surface area contributed by atoms with Crippen molar-refractivity contribution in [1.82, 2.24) is 4.90 Å². The van der Waals surface area contributed by atoms with Crippen LogP contribution in [-0.4, -0.2) is 55.6 Å². The first kappa shape index (κ1) is 23.4. The Morgan fingerprint density at radius 3 is 2.41 bits per heavy atom. The molecule has 1 unspecified atom stereocenters. The van der Waals surface area contributed by atoms with E-state index < -0.39 is 5.92 Å². The summed E-state index contributed by atoms with van der Waals surface area (Å²) in [5.41, 5.74) is 2.06. The van der Waals surface area contributed by atoms with E-state index in [1.807, 2.05) is 30.3 Å². The molecular weight excluding hydrogens is 454 g/mol. The zero-order valence-corrected chi connectivity index (χ0v) is 19.7. The molecule has 2 aromatic rings. The Kier molecular flexibility index (Phi) is 7.23. The summed E-state index contributed by atoms with van der Waals surface area (Å²) in [4.78, 5) is 36.4. The molecule has 0 bridgehead atoms. The first-order chi connectivity index (χ1) is 16.5. The third-order valence-corrected chi connectivity index (χ3v) is 5.82. The van der Waals surface area contributed by atoms with Gasteiger partial charge < -0.3 is 14.4 Å². The van der Waals surface area contributed by atoms with Crippen molar-refractivity contribution < 1.29 is 19.1 Å². The maximum Gasteiger partial charge on any atom is 0.260 e. The number of amides is 2. The lowest BCUT2D eigenvalue weighted by Crippen LogP contribution is -2.39. The Balaban J connectivity index is 1.61. The quantitative estimate of drug-likeness (QED) is 0.571. The number of carbonyl (C=O) groups is 2. The van der Waals surface area contributed by atoms with Crippen LogP contribution in [0.15, 0.2) is 76.8 Å². The number of hydrogen-bond acceptors (Lipinski definition) is 5. The number of aliphatic imine (C=N–C) groups is 2. The van der Waals surface area contributed by atoms with Crippen LogP contribution in [0.5, 0.6) is 11.5 Å². The van der Waals surface area contributed by atoms with E-state index in [1.165, 1.54) is 14.2 Å². The monoisotopic (exact) mass is 477 g/mol. The molecule has 1 aliphatic carbocycles. The molecule has 1 atom stereocenters. The number of halogens is 1. The molecule has 0 N–H and O–H groups in total. The third-order valence-electron chi connectivity index (χ3n) is 5.57. The van der Waals surface area contributed by atoms with Gasteiger partial charge in [0.25, 0.3) is 11.8 Å². The predicted molar refractivity (Wildman–Crippen MR) is 132 cm³/mol. The molecule has 7 nitrogen and oxygen atoms in total. The average Bonchev–Trinajstić information content (AvgIpc) is 2.86. The smallest absolute Gasteiger partial charge is 0.260 e. The molecule has 0 aromatic heterocycles. The van der Waals surface area contributed by atoms with E-state index in [0.717, 1.165) is 5.56 Å². The normalized spacial score (nSPS) is 16.4. The molecule has 174 valence electrons. The number of fused-ring (bicyclic) bond motifs is 1. The van der Waals surface area contributed by atoms with Gasteiger partial charge in [-0.15, -0.1) is 0 Å². The van der Waals surface area contributed by atoms with Crippen molar-refractivity contribution in [2.75, 3.05) is 27.3 Å². The minimum Gasteiger partial charge on any atom is -0.497 e. The van der Waals surface area contributed by atoms with Crippen LogP contribution in [0.4, 0.5) is 0 Å². The van der Waals surface area contributed by atoms with E-state index in [-0.39, 0.29) is 18.4 Å². The number of hydrogen-bond donors (Lipinski definition) is 0. The summed E-state index contributed by atoms with van der Waals surface area (Å²) in [6.45, 7) is 0.475. The lowest BCUT2D eigenvalue weighted by Gasteiger charge is -2.25. The molecular formula is C26H24ClN3O4. The predicted octanol–water partition coefficient (Wildman–Crippen LogP) is 4.16. The minimum atomic E-state index is -0.463. The summed E-state index contributed by atoms with van der Waals surface area (Å²) in [7, 11) is 3.06. The number of amidine groups is 1. The second-order valence-corrected chi connectivity index (χ2v) is 8.27. The van der Waals surface area contributed by atoms with Gasteiger partial charge in [-0.1, -0.05) is 42.0 Å². The van der Waals surface area contributed by atoms with Gasteiger partial charge >= 0.3 is 0 Å². The molecule has 2 aliphatic rings. The fourth-order valence-corrected chi connectivity index (χ4v) is 3.87. The second kappa shape index (κ2) is 10.5. The average molecular weight is 478 g/mol. The SMILES string of the molecule is COc1cc(OC)cc(C(=O)N(CCc2ccc(Cl)cc2)CC2=NC(=O)C3C=CC=CC3=N2)c1. The van der Waals surface area contributed by atoms with Gasteiger partial charge in [0.15, 0.2) is 5.84 Å². The van der Waals surface area contributed by atoms with Crippen LogP contribution in [0.25, 0.3) is 0 Å². The fourth-order valence-electron chi connectivity index (χ4n) is 3.74. The highest BCUT2D eigenvalue weighted by Gasteiger charge is 2.28. The number of benzene rings is 2. The maximum atomic E-state index is 13.6. The summed E-state index contributed by atoms with van der Waals surface area (Å²) >= 11 is 6.00. The highest BCUT2D eigenvalue weighted by atomic mass is 35.5. The van der Waals surface area contributed by atoms with Gasteiger partial charge in [-0.2, -0.15) is 4.99 Å². The molecule has 0 saturated heterocycles.